The number of aliphatic hydroxyl groups excluding tert-OH is 1. The van der Waals surface area contributed by atoms with Gasteiger partial charge in [-0.1, -0.05) is 6.07 Å². The number of hydrogen-bond donors (Lipinski definition) is 1. The van der Waals surface area contributed by atoms with Gasteiger partial charge in [0.2, 0.25) is 0 Å². The lowest BCUT2D eigenvalue weighted by atomic mass is 10.1. The molecule has 1 aliphatic rings. The van der Waals surface area contributed by atoms with Crippen LogP contribution in [0.15, 0.2) is 18.2 Å². The van der Waals surface area contributed by atoms with Gasteiger partial charge in [0, 0.05) is 19.2 Å². The van der Waals surface area contributed by atoms with E-state index in [1.807, 2.05) is 6.92 Å². The minimum atomic E-state index is -0.689. The first-order valence-electron chi connectivity index (χ1n) is 6.74. The van der Waals surface area contributed by atoms with Crippen molar-refractivity contribution in [3.05, 3.63) is 33.9 Å². The van der Waals surface area contributed by atoms with Crippen LogP contribution in [0.4, 0.5) is 11.4 Å². The van der Waals surface area contributed by atoms with Crippen molar-refractivity contribution in [2.75, 3.05) is 18.0 Å². The van der Waals surface area contributed by atoms with Crippen LogP contribution in [-0.4, -0.2) is 23.1 Å². The molecule has 5 nitrogen and oxygen atoms in total. The molecule has 0 saturated heterocycles. The van der Waals surface area contributed by atoms with Gasteiger partial charge in [0.1, 0.15) is 5.69 Å². The molecule has 1 aliphatic carbocycles. The van der Waals surface area contributed by atoms with E-state index in [1.165, 1.54) is 18.9 Å². The first-order valence-corrected chi connectivity index (χ1v) is 6.74. The first-order chi connectivity index (χ1) is 9.02. The maximum atomic E-state index is 11.2. The van der Waals surface area contributed by atoms with Crippen molar-refractivity contribution in [2.45, 2.75) is 32.8 Å². The summed E-state index contributed by atoms with van der Waals surface area (Å²) in [6, 6.07) is 5.00. The monoisotopic (exact) mass is 264 g/mol. The molecule has 0 aliphatic heterocycles. The normalized spacial score (nSPS) is 16.2. The average molecular weight is 264 g/mol. The Hall–Kier alpha value is -1.62. The average Bonchev–Trinajstić information content (AvgIpc) is 3.19. The van der Waals surface area contributed by atoms with E-state index in [-0.39, 0.29) is 10.6 Å². The van der Waals surface area contributed by atoms with Crippen molar-refractivity contribution >= 4 is 11.4 Å². The van der Waals surface area contributed by atoms with E-state index in [0.717, 1.165) is 13.1 Å². The van der Waals surface area contributed by atoms with Crippen LogP contribution in [-0.2, 0) is 0 Å². The predicted molar refractivity (Wildman–Crippen MR) is 74.3 cm³/mol. The van der Waals surface area contributed by atoms with Gasteiger partial charge in [0.15, 0.2) is 0 Å². The number of nitro groups is 1. The zero-order valence-electron chi connectivity index (χ0n) is 11.4. The maximum Gasteiger partial charge on any atom is 0.292 e. The third-order valence-electron chi connectivity index (χ3n) is 3.58. The topological polar surface area (TPSA) is 66.6 Å². The lowest BCUT2D eigenvalue weighted by molar-refractivity contribution is -0.384. The van der Waals surface area contributed by atoms with Crippen molar-refractivity contribution in [3.8, 4) is 0 Å². The molecule has 0 aromatic heterocycles. The van der Waals surface area contributed by atoms with Crippen LogP contribution < -0.4 is 4.90 Å². The Morgan fingerprint density at radius 1 is 1.53 bits per heavy atom. The predicted octanol–water partition coefficient (Wildman–Crippen LogP) is 2.88. The molecule has 1 aromatic carbocycles. The number of nitrogens with zero attached hydrogens (tertiary/aromatic N) is 2. The molecular weight excluding hydrogens is 244 g/mol. The molecule has 104 valence electrons. The zero-order chi connectivity index (χ0) is 14.0. The first kappa shape index (κ1) is 13.8. The summed E-state index contributed by atoms with van der Waals surface area (Å²) in [5.41, 5.74) is 1.32. The summed E-state index contributed by atoms with van der Waals surface area (Å²) < 4.78 is 0. The number of nitro benzene ring substituents is 1. The molecule has 0 amide bonds. The summed E-state index contributed by atoms with van der Waals surface area (Å²) in [6.45, 7) is 5.26. The van der Waals surface area contributed by atoms with Gasteiger partial charge < -0.3 is 10.0 Å². The van der Waals surface area contributed by atoms with Gasteiger partial charge in [-0.15, -0.1) is 0 Å². The Kier molecular flexibility index (Phi) is 4.04. The number of hydrogen-bond acceptors (Lipinski definition) is 4. The van der Waals surface area contributed by atoms with Crippen molar-refractivity contribution in [3.63, 3.8) is 0 Å². The second-order valence-corrected chi connectivity index (χ2v) is 5.16. The molecule has 0 unspecified atom stereocenters. The summed E-state index contributed by atoms with van der Waals surface area (Å²) in [5, 5.41) is 20.8. The number of anilines is 1. The molecule has 19 heavy (non-hydrogen) atoms. The fourth-order valence-corrected chi connectivity index (χ4v) is 2.22. The summed E-state index contributed by atoms with van der Waals surface area (Å²) in [6.07, 6.45) is 1.75. The Labute approximate surface area is 113 Å². The van der Waals surface area contributed by atoms with E-state index in [0.29, 0.717) is 17.2 Å². The van der Waals surface area contributed by atoms with Crippen LogP contribution >= 0.6 is 0 Å². The highest BCUT2D eigenvalue weighted by Crippen LogP contribution is 2.35. The summed E-state index contributed by atoms with van der Waals surface area (Å²) >= 11 is 0. The van der Waals surface area contributed by atoms with Crippen LogP contribution in [0.3, 0.4) is 0 Å². The molecule has 1 saturated carbocycles. The van der Waals surface area contributed by atoms with E-state index in [1.54, 1.807) is 19.1 Å². The van der Waals surface area contributed by atoms with E-state index < -0.39 is 6.10 Å². The third-order valence-corrected chi connectivity index (χ3v) is 3.58. The Bertz CT molecular complexity index is 470. The highest BCUT2D eigenvalue weighted by molar-refractivity contribution is 5.64. The van der Waals surface area contributed by atoms with Crippen LogP contribution in [0.25, 0.3) is 0 Å². The number of rotatable bonds is 6. The summed E-state index contributed by atoms with van der Waals surface area (Å²) in [4.78, 5) is 12.9. The van der Waals surface area contributed by atoms with Gasteiger partial charge in [-0.25, -0.2) is 0 Å². The smallest absolute Gasteiger partial charge is 0.292 e. The van der Waals surface area contributed by atoms with E-state index >= 15 is 0 Å². The Morgan fingerprint density at radius 2 is 2.21 bits per heavy atom. The summed E-state index contributed by atoms with van der Waals surface area (Å²) in [5.74, 6) is 0.677. The minimum absolute atomic E-state index is 0.0842. The molecule has 2 rings (SSSR count). The van der Waals surface area contributed by atoms with Gasteiger partial charge in [0.25, 0.3) is 5.69 Å². The van der Waals surface area contributed by atoms with E-state index in [2.05, 4.69) is 4.90 Å². The number of benzene rings is 1. The van der Waals surface area contributed by atoms with Gasteiger partial charge in [0.05, 0.1) is 11.0 Å². The standard InChI is InChI=1S/C14H20N2O3/c1-3-15(9-11-4-5-11)13-7-6-12(10(2)17)8-14(13)16(18)19/h6-8,10-11,17H,3-5,9H2,1-2H3/t10-/m0/s1. The van der Waals surface area contributed by atoms with Crippen molar-refractivity contribution in [2.24, 2.45) is 5.92 Å². The molecule has 0 spiro atoms. The molecule has 0 radical (unpaired) electrons. The maximum absolute atomic E-state index is 11.2. The Morgan fingerprint density at radius 3 is 2.68 bits per heavy atom. The minimum Gasteiger partial charge on any atom is -0.389 e. The number of aliphatic hydroxyl groups is 1. The molecule has 1 fully saturated rings. The molecule has 1 N–H and O–H groups in total. The Balaban J connectivity index is 2.33. The van der Waals surface area contributed by atoms with Crippen molar-refractivity contribution in [1.82, 2.24) is 0 Å². The molecule has 0 bridgehead atoms. The molecule has 0 heterocycles. The molecule has 5 heteroatoms. The quantitative estimate of drug-likeness (QED) is 0.633. The van der Waals surface area contributed by atoms with E-state index in [4.69, 9.17) is 0 Å². The van der Waals surface area contributed by atoms with Gasteiger partial charge in [-0.3, -0.25) is 10.1 Å². The van der Waals surface area contributed by atoms with Gasteiger partial charge in [-0.05, 0) is 44.2 Å². The largest absolute Gasteiger partial charge is 0.389 e. The van der Waals surface area contributed by atoms with Gasteiger partial charge in [-0.2, -0.15) is 0 Å². The fraction of sp³-hybridized carbons (Fsp3) is 0.571. The highest BCUT2D eigenvalue weighted by Gasteiger charge is 2.27. The highest BCUT2D eigenvalue weighted by atomic mass is 16.6. The summed E-state index contributed by atoms with van der Waals surface area (Å²) in [7, 11) is 0. The second kappa shape index (κ2) is 5.57. The third kappa shape index (κ3) is 3.23. The van der Waals surface area contributed by atoms with Crippen LogP contribution in [0.2, 0.25) is 0 Å². The second-order valence-electron chi connectivity index (χ2n) is 5.16. The SMILES string of the molecule is CCN(CC1CC1)c1ccc([C@H](C)O)cc1[N+](=O)[O-]. The van der Waals surface area contributed by atoms with Crippen molar-refractivity contribution < 1.29 is 10.0 Å². The van der Waals surface area contributed by atoms with Crippen LogP contribution in [0, 0.1) is 16.0 Å². The lowest BCUT2D eigenvalue weighted by Gasteiger charge is -2.23. The molecule has 1 atom stereocenters. The van der Waals surface area contributed by atoms with Gasteiger partial charge >= 0.3 is 0 Å². The van der Waals surface area contributed by atoms with E-state index in [9.17, 15) is 15.2 Å². The molecule has 1 aromatic rings. The molecular formula is C14H20N2O3. The van der Waals surface area contributed by atoms with Crippen LogP contribution in [0.1, 0.15) is 38.4 Å². The van der Waals surface area contributed by atoms with Crippen LogP contribution in [0.5, 0.6) is 0 Å². The zero-order valence-corrected chi connectivity index (χ0v) is 11.4. The fourth-order valence-electron chi connectivity index (χ4n) is 2.22. The lowest BCUT2D eigenvalue weighted by Crippen LogP contribution is -2.26. The van der Waals surface area contributed by atoms with Crippen molar-refractivity contribution in [1.29, 1.82) is 0 Å².